The van der Waals surface area contributed by atoms with Crippen LogP contribution in [0.4, 0.5) is 5.69 Å². The average Bonchev–Trinajstić information content (AvgIpc) is 3.74. The molecule has 204 valence electrons. The van der Waals surface area contributed by atoms with E-state index in [-0.39, 0.29) is 21.9 Å². The third kappa shape index (κ3) is 6.22. The number of nitrogens with one attached hydrogen (secondary N) is 5. The highest BCUT2D eigenvalue weighted by Gasteiger charge is 2.24. The summed E-state index contributed by atoms with van der Waals surface area (Å²) < 4.78 is 27.4. The number of fused-ring (bicyclic) bond motifs is 1. The van der Waals surface area contributed by atoms with Crippen LogP contribution in [0.3, 0.4) is 0 Å². The number of thiophene rings is 2. The van der Waals surface area contributed by atoms with Crippen LogP contribution in [0.2, 0.25) is 0 Å². The highest BCUT2D eigenvalue weighted by atomic mass is 32.2. The first kappa shape index (κ1) is 27.1. The fraction of sp³-hybridized carbons (Fsp3) is 0.0741. The molecular formula is C27H23N5O5S3. The summed E-state index contributed by atoms with van der Waals surface area (Å²) in [7, 11) is -3.72. The Morgan fingerprint density at radius 3 is 2.30 bits per heavy atom. The minimum atomic E-state index is -3.72. The van der Waals surface area contributed by atoms with Crippen molar-refractivity contribution in [3.05, 3.63) is 106 Å². The zero-order chi connectivity index (χ0) is 28.1. The van der Waals surface area contributed by atoms with Crippen LogP contribution < -0.4 is 20.9 Å². The summed E-state index contributed by atoms with van der Waals surface area (Å²) >= 11 is 2.34. The summed E-state index contributed by atoms with van der Waals surface area (Å²) in [6.07, 6.45) is 1.97. The number of benzene rings is 2. The maximum Gasteiger partial charge on any atom is 0.271 e. The van der Waals surface area contributed by atoms with Crippen molar-refractivity contribution in [2.75, 3.05) is 4.72 Å². The topological polar surface area (TPSA) is 149 Å². The standard InChI is InChI=1S/C27H23N5O5S3/c33-25(17-9-11-19(12-10-17)32-40(36,37)24-8-4-14-39-24)30-31-26(34)22(29-27(35)23-7-3-13-38-23)15-18-16-28-21-6-2-1-5-20(18)21/h1-14,16,22,28,32H,15H2,(H,29,35)(H,30,33)(H,31,34)/t22-/m1/s1. The number of hydrogen-bond donors (Lipinski definition) is 5. The number of aromatic amines is 1. The zero-order valence-corrected chi connectivity index (χ0v) is 23.2. The normalized spacial score (nSPS) is 12.0. The molecule has 0 aliphatic heterocycles. The van der Waals surface area contributed by atoms with Gasteiger partial charge in [-0.05, 0) is 58.8 Å². The van der Waals surface area contributed by atoms with E-state index in [4.69, 9.17) is 0 Å². The van der Waals surface area contributed by atoms with Crippen molar-refractivity contribution in [2.24, 2.45) is 0 Å². The van der Waals surface area contributed by atoms with Crippen LogP contribution in [0.5, 0.6) is 0 Å². The molecule has 2 aromatic carbocycles. The van der Waals surface area contributed by atoms with E-state index in [1.807, 2.05) is 24.3 Å². The number of para-hydroxylation sites is 1. The number of H-pyrrole nitrogens is 1. The van der Waals surface area contributed by atoms with Crippen LogP contribution in [0.15, 0.2) is 94.0 Å². The third-order valence-corrected chi connectivity index (χ3v) is 9.57. The number of hydrazine groups is 1. The second-order valence-corrected chi connectivity index (χ2v) is 12.4. The molecule has 3 aromatic heterocycles. The van der Waals surface area contributed by atoms with E-state index in [1.54, 1.807) is 35.2 Å². The number of amides is 3. The Morgan fingerprint density at radius 1 is 0.825 bits per heavy atom. The molecule has 3 amide bonds. The van der Waals surface area contributed by atoms with Crippen molar-refractivity contribution in [1.82, 2.24) is 21.2 Å². The average molecular weight is 594 g/mol. The van der Waals surface area contributed by atoms with Crippen molar-refractivity contribution in [3.63, 3.8) is 0 Å². The number of carbonyl (C=O) groups is 3. The molecule has 5 aromatic rings. The van der Waals surface area contributed by atoms with Gasteiger partial charge in [-0.25, -0.2) is 8.42 Å². The summed E-state index contributed by atoms with van der Waals surface area (Å²) in [6, 6.07) is 18.9. The first-order chi connectivity index (χ1) is 19.3. The molecule has 0 saturated carbocycles. The Balaban J connectivity index is 1.25. The van der Waals surface area contributed by atoms with Gasteiger partial charge in [0.2, 0.25) is 0 Å². The van der Waals surface area contributed by atoms with Gasteiger partial charge in [-0.3, -0.25) is 30.0 Å². The van der Waals surface area contributed by atoms with E-state index >= 15 is 0 Å². The van der Waals surface area contributed by atoms with Gasteiger partial charge in [-0.15, -0.1) is 22.7 Å². The molecular weight excluding hydrogens is 571 g/mol. The van der Waals surface area contributed by atoms with E-state index in [9.17, 15) is 22.8 Å². The zero-order valence-electron chi connectivity index (χ0n) is 20.7. The van der Waals surface area contributed by atoms with E-state index in [1.165, 1.54) is 41.7 Å². The Morgan fingerprint density at radius 2 is 1.57 bits per heavy atom. The molecule has 5 N–H and O–H groups in total. The minimum Gasteiger partial charge on any atom is -0.361 e. The van der Waals surface area contributed by atoms with Gasteiger partial charge in [0.1, 0.15) is 10.3 Å². The lowest BCUT2D eigenvalue weighted by Gasteiger charge is -2.18. The summed E-state index contributed by atoms with van der Waals surface area (Å²) in [5.41, 5.74) is 6.95. The lowest BCUT2D eigenvalue weighted by molar-refractivity contribution is -0.123. The lowest BCUT2D eigenvalue weighted by atomic mass is 10.0. The molecule has 0 saturated heterocycles. The van der Waals surface area contributed by atoms with Crippen molar-refractivity contribution in [3.8, 4) is 0 Å². The summed E-state index contributed by atoms with van der Waals surface area (Å²) in [5.74, 6) is -1.62. The fourth-order valence-electron chi connectivity index (χ4n) is 3.96. The second kappa shape index (κ2) is 11.7. The summed E-state index contributed by atoms with van der Waals surface area (Å²) in [6.45, 7) is 0. The van der Waals surface area contributed by atoms with Crippen LogP contribution >= 0.6 is 22.7 Å². The van der Waals surface area contributed by atoms with Gasteiger partial charge >= 0.3 is 0 Å². The first-order valence-corrected chi connectivity index (χ1v) is 15.2. The van der Waals surface area contributed by atoms with Crippen LogP contribution in [0, 0.1) is 0 Å². The van der Waals surface area contributed by atoms with Gasteiger partial charge in [0.15, 0.2) is 0 Å². The van der Waals surface area contributed by atoms with Gasteiger partial charge < -0.3 is 10.3 Å². The lowest BCUT2D eigenvalue weighted by Crippen LogP contribution is -2.53. The van der Waals surface area contributed by atoms with Crippen LogP contribution in [-0.2, 0) is 21.2 Å². The van der Waals surface area contributed by atoms with Crippen molar-refractivity contribution < 1.29 is 22.8 Å². The van der Waals surface area contributed by atoms with E-state index in [0.29, 0.717) is 4.88 Å². The molecule has 3 heterocycles. The predicted molar refractivity (Wildman–Crippen MR) is 155 cm³/mol. The Bertz CT molecular complexity index is 1750. The number of rotatable bonds is 9. The number of aromatic nitrogens is 1. The molecule has 0 aliphatic carbocycles. The van der Waals surface area contributed by atoms with E-state index in [0.717, 1.165) is 27.8 Å². The second-order valence-electron chi connectivity index (χ2n) is 8.63. The SMILES string of the molecule is O=C(NNC(=O)[C@@H](Cc1c[nH]c2ccccc12)NC(=O)c1cccs1)c1ccc(NS(=O)(=O)c2cccs2)cc1. The monoisotopic (exact) mass is 593 g/mol. The van der Waals surface area contributed by atoms with Crippen LogP contribution in [0.1, 0.15) is 25.6 Å². The molecule has 0 aliphatic rings. The molecule has 13 heteroatoms. The Hall–Kier alpha value is -4.46. The molecule has 10 nitrogen and oxygen atoms in total. The Kier molecular flexibility index (Phi) is 7.96. The third-order valence-electron chi connectivity index (χ3n) is 5.92. The largest absolute Gasteiger partial charge is 0.361 e. The molecule has 0 bridgehead atoms. The summed E-state index contributed by atoms with van der Waals surface area (Å²) in [4.78, 5) is 42.2. The maximum atomic E-state index is 13.1. The van der Waals surface area contributed by atoms with E-state index < -0.39 is 33.8 Å². The Labute approximate surface area is 237 Å². The molecule has 1 atom stereocenters. The number of anilines is 1. The maximum absolute atomic E-state index is 13.1. The quantitative estimate of drug-likeness (QED) is 0.164. The van der Waals surface area contributed by atoms with Gasteiger partial charge in [0.05, 0.1) is 4.88 Å². The highest BCUT2D eigenvalue weighted by Crippen LogP contribution is 2.21. The van der Waals surface area contributed by atoms with Crippen LogP contribution in [0.25, 0.3) is 10.9 Å². The predicted octanol–water partition coefficient (Wildman–Crippen LogP) is 3.89. The molecule has 5 rings (SSSR count). The summed E-state index contributed by atoms with van der Waals surface area (Å²) in [5, 5.41) is 7.10. The minimum absolute atomic E-state index is 0.172. The first-order valence-electron chi connectivity index (χ1n) is 12.0. The number of carbonyl (C=O) groups excluding carboxylic acids is 3. The highest BCUT2D eigenvalue weighted by molar-refractivity contribution is 7.94. The smallest absolute Gasteiger partial charge is 0.271 e. The molecule has 40 heavy (non-hydrogen) atoms. The van der Waals surface area contributed by atoms with Gasteiger partial charge in [-0.1, -0.05) is 30.3 Å². The van der Waals surface area contributed by atoms with Gasteiger partial charge in [0, 0.05) is 34.8 Å². The van der Waals surface area contributed by atoms with Crippen molar-refractivity contribution in [2.45, 2.75) is 16.7 Å². The van der Waals surface area contributed by atoms with Crippen LogP contribution in [-0.4, -0.2) is 37.2 Å². The number of sulfonamides is 1. The van der Waals surface area contributed by atoms with Gasteiger partial charge in [0.25, 0.3) is 27.7 Å². The van der Waals surface area contributed by atoms with Crippen molar-refractivity contribution >= 4 is 67.0 Å². The molecule has 0 unspecified atom stereocenters. The molecule has 0 radical (unpaired) electrons. The number of hydrogen-bond acceptors (Lipinski definition) is 7. The van der Waals surface area contributed by atoms with E-state index in [2.05, 4.69) is 25.9 Å². The van der Waals surface area contributed by atoms with Crippen molar-refractivity contribution in [1.29, 1.82) is 0 Å². The molecule has 0 fully saturated rings. The fourth-order valence-corrected chi connectivity index (χ4v) is 6.63. The molecule has 0 spiro atoms. The van der Waals surface area contributed by atoms with Gasteiger partial charge in [-0.2, -0.15) is 0 Å².